The molecule has 0 aromatic heterocycles. The van der Waals surface area contributed by atoms with Crippen LogP contribution in [0.4, 0.5) is 0 Å². The summed E-state index contributed by atoms with van der Waals surface area (Å²) < 4.78 is 11.3. The van der Waals surface area contributed by atoms with Crippen molar-refractivity contribution in [1.29, 1.82) is 0 Å². The van der Waals surface area contributed by atoms with E-state index < -0.39 is 6.10 Å². The first-order chi connectivity index (χ1) is 12.7. The largest absolute Gasteiger partial charge is 0.485 e. The van der Waals surface area contributed by atoms with Gasteiger partial charge in [-0.05, 0) is 36.3 Å². The van der Waals surface area contributed by atoms with Crippen LogP contribution in [-0.2, 0) is 17.9 Å². The molecule has 1 atom stereocenters. The van der Waals surface area contributed by atoms with Crippen LogP contribution in [0.1, 0.15) is 25.0 Å². The van der Waals surface area contributed by atoms with Gasteiger partial charge in [0.1, 0.15) is 6.61 Å². The zero-order valence-corrected chi connectivity index (χ0v) is 15.4. The number of fused-ring (bicyclic) bond motifs is 1. The Hall–Kier alpha value is -2.53. The Morgan fingerprint density at radius 1 is 1.04 bits per heavy atom. The third-order valence-corrected chi connectivity index (χ3v) is 4.59. The van der Waals surface area contributed by atoms with Crippen molar-refractivity contribution in [2.75, 3.05) is 19.7 Å². The van der Waals surface area contributed by atoms with Gasteiger partial charge in [-0.3, -0.25) is 9.69 Å². The van der Waals surface area contributed by atoms with Gasteiger partial charge in [0.05, 0.1) is 0 Å². The molecular weight excluding hydrogens is 328 g/mol. The molecule has 0 spiro atoms. The molecule has 1 aliphatic heterocycles. The Morgan fingerprint density at radius 2 is 1.69 bits per heavy atom. The predicted molar refractivity (Wildman–Crippen MR) is 101 cm³/mol. The minimum atomic E-state index is -0.619. The van der Waals surface area contributed by atoms with Crippen LogP contribution in [0.25, 0.3) is 0 Å². The molecule has 0 bridgehead atoms. The van der Waals surface area contributed by atoms with Gasteiger partial charge in [-0.25, -0.2) is 0 Å². The van der Waals surface area contributed by atoms with Crippen molar-refractivity contribution in [2.24, 2.45) is 0 Å². The first-order valence-electron chi connectivity index (χ1n) is 9.16. The maximum absolute atomic E-state index is 12.3. The molecule has 0 unspecified atom stereocenters. The molecule has 26 heavy (non-hydrogen) atoms. The molecule has 0 saturated carbocycles. The third-order valence-electron chi connectivity index (χ3n) is 4.59. The minimum absolute atomic E-state index is 0.160. The molecule has 0 fully saturated rings. The number of para-hydroxylation sites is 2. The predicted octanol–water partition coefficient (Wildman–Crippen LogP) is 2.98. The number of carbonyl (C=O) groups is 1. The topological polar surface area (TPSA) is 50.8 Å². The summed E-state index contributed by atoms with van der Waals surface area (Å²) in [5.74, 6) is 1.13. The average molecular weight is 354 g/mol. The van der Waals surface area contributed by atoms with E-state index in [0.717, 1.165) is 25.2 Å². The van der Waals surface area contributed by atoms with Crippen LogP contribution in [0.15, 0.2) is 48.5 Å². The molecule has 2 aromatic rings. The lowest BCUT2D eigenvalue weighted by atomic mass is 10.1. The van der Waals surface area contributed by atoms with E-state index >= 15 is 0 Å². The first-order valence-corrected chi connectivity index (χ1v) is 9.16. The quantitative estimate of drug-likeness (QED) is 0.830. The van der Waals surface area contributed by atoms with Crippen molar-refractivity contribution in [3.63, 3.8) is 0 Å². The van der Waals surface area contributed by atoms with Crippen molar-refractivity contribution >= 4 is 5.91 Å². The fourth-order valence-electron chi connectivity index (χ4n) is 2.92. The average Bonchev–Trinajstić information content (AvgIpc) is 2.70. The van der Waals surface area contributed by atoms with E-state index in [1.165, 1.54) is 5.56 Å². The monoisotopic (exact) mass is 354 g/mol. The van der Waals surface area contributed by atoms with E-state index in [9.17, 15) is 4.79 Å². The number of amides is 1. The molecular formula is C21H26N2O3. The summed E-state index contributed by atoms with van der Waals surface area (Å²) in [5, 5.41) is 2.93. The fourth-order valence-corrected chi connectivity index (χ4v) is 2.92. The van der Waals surface area contributed by atoms with Crippen molar-refractivity contribution in [3.8, 4) is 11.5 Å². The Bertz CT molecular complexity index is 726. The molecule has 1 heterocycles. The number of hydrogen-bond donors (Lipinski definition) is 1. The highest BCUT2D eigenvalue weighted by Crippen LogP contribution is 2.30. The maximum atomic E-state index is 12.3. The minimum Gasteiger partial charge on any atom is -0.485 e. The lowest BCUT2D eigenvalue weighted by Crippen LogP contribution is -2.43. The Morgan fingerprint density at radius 3 is 2.38 bits per heavy atom. The van der Waals surface area contributed by atoms with Crippen LogP contribution in [-0.4, -0.2) is 36.6 Å². The van der Waals surface area contributed by atoms with Crippen molar-refractivity contribution < 1.29 is 14.3 Å². The second-order valence-corrected chi connectivity index (χ2v) is 6.36. The summed E-state index contributed by atoms with van der Waals surface area (Å²) in [5.41, 5.74) is 2.35. The van der Waals surface area contributed by atoms with Gasteiger partial charge in [-0.15, -0.1) is 0 Å². The highest BCUT2D eigenvalue weighted by atomic mass is 16.6. The summed E-state index contributed by atoms with van der Waals surface area (Å²) in [7, 11) is 0. The second-order valence-electron chi connectivity index (χ2n) is 6.36. The maximum Gasteiger partial charge on any atom is 0.264 e. The van der Waals surface area contributed by atoms with Gasteiger partial charge in [0.2, 0.25) is 6.10 Å². The molecule has 5 heteroatoms. The van der Waals surface area contributed by atoms with Gasteiger partial charge in [0.25, 0.3) is 5.91 Å². The van der Waals surface area contributed by atoms with E-state index in [-0.39, 0.29) is 12.5 Å². The molecule has 1 amide bonds. The van der Waals surface area contributed by atoms with Crippen LogP contribution < -0.4 is 14.8 Å². The van der Waals surface area contributed by atoms with Crippen molar-refractivity contribution in [2.45, 2.75) is 33.0 Å². The van der Waals surface area contributed by atoms with Gasteiger partial charge in [-0.2, -0.15) is 0 Å². The molecule has 2 aromatic carbocycles. The molecule has 3 rings (SSSR count). The summed E-state index contributed by atoms with van der Waals surface area (Å²) in [4.78, 5) is 14.7. The first kappa shape index (κ1) is 18.3. The smallest absolute Gasteiger partial charge is 0.264 e. The van der Waals surface area contributed by atoms with Crippen LogP contribution in [0.3, 0.4) is 0 Å². The standard InChI is InChI=1S/C21H26N2O3/c1-3-23(4-2)14-17-11-9-16(10-12-17)13-22-21(24)20-15-25-18-7-5-6-8-19(18)26-20/h5-12,20H,3-4,13-15H2,1-2H3,(H,22,24)/t20-/m1/s1. The zero-order valence-electron chi connectivity index (χ0n) is 15.4. The van der Waals surface area contributed by atoms with Crippen LogP contribution >= 0.6 is 0 Å². The van der Waals surface area contributed by atoms with Gasteiger partial charge in [-0.1, -0.05) is 50.2 Å². The lowest BCUT2D eigenvalue weighted by molar-refractivity contribution is -0.130. The van der Waals surface area contributed by atoms with Crippen LogP contribution in [0.5, 0.6) is 11.5 Å². The Kier molecular flexibility index (Phi) is 6.12. The number of hydrogen-bond acceptors (Lipinski definition) is 4. The van der Waals surface area contributed by atoms with Crippen LogP contribution in [0, 0.1) is 0 Å². The number of nitrogens with one attached hydrogen (secondary N) is 1. The summed E-state index contributed by atoms with van der Waals surface area (Å²) >= 11 is 0. The lowest BCUT2D eigenvalue weighted by Gasteiger charge is -2.25. The Balaban J connectivity index is 1.50. The van der Waals surface area contributed by atoms with Crippen LogP contribution in [0.2, 0.25) is 0 Å². The molecule has 1 N–H and O–H groups in total. The second kappa shape index (κ2) is 8.72. The van der Waals surface area contributed by atoms with Crippen molar-refractivity contribution in [1.82, 2.24) is 10.2 Å². The molecule has 138 valence electrons. The summed E-state index contributed by atoms with van der Waals surface area (Å²) in [6, 6.07) is 15.8. The molecule has 5 nitrogen and oxygen atoms in total. The number of carbonyl (C=O) groups excluding carboxylic acids is 1. The highest BCUT2D eigenvalue weighted by molar-refractivity contribution is 5.81. The number of rotatable bonds is 7. The number of ether oxygens (including phenoxy) is 2. The van der Waals surface area contributed by atoms with Gasteiger partial charge in [0, 0.05) is 13.1 Å². The Labute approximate surface area is 154 Å². The van der Waals surface area contributed by atoms with E-state index in [1.807, 2.05) is 24.3 Å². The molecule has 0 aliphatic carbocycles. The SMILES string of the molecule is CCN(CC)Cc1ccc(CNC(=O)[C@H]2COc3ccccc3O2)cc1. The van der Waals surface area contributed by atoms with Gasteiger partial charge < -0.3 is 14.8 Å². The fraction of sp³-hybridized carbons (Fsp3) is 0.381. The molecule has 0 saturated heterocycles. The van der Waals surface area contributed by atoms with Crippen molar-refractivity contribution in [3.05, 3.63) is 59.7 Å². The highest BCUT2D eigenvalue weighted by Gasteiger charge is 2.26. The van der Waals surface area contributed by atoms with E-state index in [1.54, 1.807) is 0 Å². The van der Waals surface area contributed by atoms with E-state index in [4.69, 9.17) is 9.47 Å². The molecule has 1 aliphatic rings. The third kappa shape index (κ3) is 4.55. The molecule has 0 radical (unpaired) electrons. The van der Waals surface area contributed by atoms with Gasteiger partial charge in [0.15, 0.2) is 11.5 Å². The number of benzene rings is 2. The zero-order chi connectivity index (χ0) is 18.4. The van der Waals surface area contributed by atoms with E-state index in [0.29, 0.717) is 18.0 Å². The van der Waals surface area contributed by atoms with Gasteiger partial charge >= 0.3 is 0 Å². The number of nitrogens with zero attached hydrogens (tertiary/aromatic N) is 1. The summed E-state index contributed by atoms with van der Waals surface area (Å²) in [6.07, 6.45) is -0.619. The summed E-state index contributed by atoms with van der Waals surface area (Å²) in [6.45, 7) is 8.08. The van der Waals surface area contributed by atoms with E-state index in [2.05, 4.69) is 48.3 Å². The normalized spacial score (nSPS) is 15.7.